The van der Waals surface area contributed by atoms with Gasteiger partial charge in [-0.3, -0.25) is 0 Å². The molecule has 0 aliphatic carbocycles. The minimum Gasteiger partial charge on any atom is -0.498 e. The second kappa shape index (κ2) is 4.76. The first-order valence-electron chi connectivity index (χ1n) is 5.37. The van der Waals surface area contributed by atoms with E-state index in [1.54, 1.807) is 0 Å². The van der Waals surface area contributed by atoms with Crippen LogP contribution in [0.15, 0.2) is 24.3 Å². The minimum absolute atomic E-state index is 0.0642. The third-order valence-corrected chi connectivity index (χ3v) is 2.26. The van der Waals surface area contributed by atoms with Crippen molar-refractivity contribution in [2.24, 2.45) is 0 Å². The number of para-hydroxylation sites is 2. The van der Waals surface area contributed by atoms with Gasteiger partial charge in [0.15, 0.2) is 0 Å². The molecule has 16 heavy (non-hydrogen) atoms. The molecule has 1 unspecified atom stereocenters. The second-order valence-electron chi connectivity index (χ2n) is 4.18. The Morgan fingerprint density at radius 3 is 2.31 bits per heavy atom. The van der Waals surface area contributed by atoms with Gasteiger partial charge >= 0.3 is 7.32 Å². The molecule has 0 fully saturated rings. The number of rotatable bonds is 4. The van der Waals surface area contributed by atoms with E-state index in [4.69, 9.17) is 14.0 Å². The molecule has 1 aromatic carbocycles. The molecule has 1 aliphatic rings. The van der Waals surface area contributed by atoms with E-state index in [-0.39, 0.29) is 6.10 Å². The van der Waals surface area contributed by atoms with Crippen LogP contribution in [0.2, 0.25) is 0 Å². The van der Waals surface area contributed by atoms with Crippen LogP contribution < -0.4 is 9.31 Å². The predicted molar refractivity (Wildman–Crippen MR) is 62.6 cm³/mol. The second-order valence-corrected chi connectivity index (χ2v) is 4.18. The Hall–Kier alpha value is -1.20. The molecule has 1 aliphatic heterocycles. The summed E-state index contributed by atoms with van der Waals surface area (Å²) in [6.07, 6.45) is 0.0642. The average Bonchev–Trinajstić information content (AvgIpc) is 2.57. The summed E-state index contributed by atoms with van der Waals surface area (Å²) in [5, 5.41) is 0. The van der Waals surface area contributed by atoms with Crippen molar-refractivity contribution in [1.29, 1.82) is 0 Å². The highest BCUT2D eigenvalue weighted by Gasteiger charge is 2.36. The molecule has 2 rings (SSSR count). The lowest BCUT2D eigenvalue weighted by molar-refractivity contribution is 0.128. The van der Waals surface area contributed by atoms with Gasteiger partial charge in [0.25, 0.3) is 0 Å². The summed E-state index contributed by atoms with van der Waals surface area (Å²) in [5.41, 5.74) is 0. The minimum atomic E-state index is -0.618. The number of benzene rings is 1. The molecule has 0 saturated carbocycles. The number of likely N-dealkylation sites (N-methyl/N-ethyl adjacent to an activating group) is 1. The monoisotopic (exact) mass is 221 g/mol. The summed E-state index contributed by atoms with van der Waals surface area (Å²) in [6.45, 7) is 2.83. The molecule has 86 valence electrons. The van der Waals surface area contributed by atoms with Gasteiger partial charge in [-0.1, -0.05) is 12.1 Å². The van der Waals surface area contributed by atoms with E-state index in [2.05, 4.69) is 4.90 Å². The van der Waals surface area contributed by atoms with Gasteiger partial charge in [-0.2, -0.15) is 0 Å². The molecule has 1 heterocycles. The lowest BCUT2D eigenvalue weighted by Crippen LogP contribution is -2.37. The predicted octanol–water partition coefficient (Wildman–Crippen LogP) is 1.41. The van der Waals surface area contributed by atoms with E-state index < -0.39 is 7.32 Å². The maximum atomic E-state index is 5.62. The number of nitrogens with zero attached hydrogens (tertiary/aromatic N) is 1. The summed E-state index contributed by atoms with van der Waals surface area (Å²) in [5.74, 6) is 1.48. The van der Waals surface area contributed by atoms with Crippen LogP contribution in [-0.4, -0.2) is 39.0 Å². The van der Waals surface area contributed by atoms with Crippen molar-refractivity contribution in [1.82, 2.24) is 4.90 Å². The molecular weight excluding hydrogens is 205 g/mol. The van der Waals surface area contributed by atoms with Crippen LogP contribution in [0.25, 0.3) is 0 Å². The van der Waals surface area contributed by atoms with Crippen molar-refractivity contribution in [2.75, 3.05) is 20.6 Å². The van der Waals surface area contributed by atoms with Gasteiger partial charge in [0, 0.05) is 6.54 Å². The Morgan fingerprint density at radius 2 is 1.81 bits per heavy atom. The topological polar surface area (TPSA) is 30.9 Å². The molecule has 5 heteroatoms. The molecule has 0 saturated heterocycles. The van der Waals surface area contributed by atoms with Crippen molar-refractivity contribution in [2.45, 2.75) is 13.0 Å². The molecule has 0 spiro atoms. The molecule has 0 amide bonds. The maximum Gasteiger partial charge on any atom is 0.788 e. The Morgan fingerprint density at radius 1 is 1.25 bits per heavy atom. The van der Waals surface area contributed by atoms with Crippen molar-refractivity contribution in [3.05, 3.63) is 24.3 Å². The fraction of sp³-hybridized carbons (Fsp3) is 0.455. The van der Waals surface area contributed by atoms with Gasteiger partial charge in [-0.15, -0.1) is 0 Å². The lowest BCUT2D eigenvalue weighted by atomic mass is 10.2. The van der Waals surface area contributed by atoms with E-state index in [1.165, 1.54) is 0 Å². The Kier molecular flexibility index (Phi) is 3.36. The van der Waals surface area contributed by atoms with Crippen LogP contribution in [0.3, 0.4) is 0 Å². The smallest absolute Gasteiger partial charge is 0.498 e. The van der Waals surface area contributed by atoms with Crippen LogP contribution >= 0.6 is 0 Å². The Bertz CT molecular complexity index is 334. The van der Waals surface area contributed by atoms with Gasteiger partial charge < -0.3 is 18.9 Å². The number of hydrogen-bond donors (Lipinski definition) is 0. The average molecular weight is 221 g/mol. The summed E-state index contributed by atoms with van der Waals surface area (Å²) >= 11 is 0. The molecule has 0 bridgehead atoms. The van der Waals surface area contributed by atoms with E-state index in [1.807, 2.05) is 45.3 Å². The maximum absolute atomic E-state index is 5.62. The van der Waals surface area contributed by atoms with Crippen LogP contribution in [0.5, 0.6) is 11.5 Å². The molecule has 4 nitrogen and oxygen atoms in total. The normalized spacial score (nSPS) is 15.6. The third-order valence-electron chi connectivity index (χ3n) is 2.26. The Balaban J connectivity index is 1.87. The van der Waals surface area contributed by atoms with E-state index in [0.29, 0.717) is 0 Å². The quantitative estimate of drug-likeness (QED) is 0.719. The van der Waals surface area contributed by atoms with E-state index in [0.717, 1.165) is 18.0 Å². The van der Waals surface area contributed by atoms with Crippen molar-refractivity contribution in [3.8, 4) is 11.5 Å². The molecule has 0 aromatic heterocycles. The van der Waals surface area contributed by atoms with Crippen LogP contribution in [0, 0.1) is 0 Å². The van der Waals surface area contributed by atoms with Gasteiger partial charge in [0.2, 0.25) is 0 Å². The van der Waals surface area contributed by atoms with E-state index in [9.17, 15) is 0 Å². The molecule has 0 N–H and O–H groups in total. The van der Waals surface area contributed by atoms with Gasteiger partial charge in [-0.05, 0) is 33.2 Å². The first-order chi connectivity index (χ1) is 7.65. The number of hydrogen-bond acceptors (Lipinski definition) is 4. The first-order valence-corrected chi connectivity index (χ1v) is 5.37. The summed E-state index contributed by atoms with van der Waals surface area (Å²) < 4.78 is 16.6. The van der Waals surface area contributed by atoms with Crippen molar-refractivity contribution < 1.29 is 14.0 Å². The summed E-state index contributed by atoms with van der Waals surface area (Å²) in [4.78, 5) is 2.06. The molecular formula is C11H16BNO3. The number of fused-ring (bicyclic) bond motifs is 1. The van der Waals surface area contributed by atoms with Crippen LogP contribution in [0.4, 0.5) is 0 Å². The SMILES string of the molecule is CC(CN(C)C)OB1Oc2ccccc2O1. The molecule has 1 atom stereocenters. The Labute approximate surface area is 96.3 Å². The zero-order chi connectivity index (χ0) is 11.5. The van der Waals surface area contributed by atoms with Gasteiger partial charge in [-0.25, -0.2) is 0 Å². The highest BCUT2D eigenvalue weighted by Crippen LogP contribution is 2.32. The fourth-order valence-electron chi connectivity index (χ4n) is 1.68. The zero-order valence-corrected chi connectivity index (χ0v) is 9.84. The zero-order valence-electron chi connectivity index (χ0n) is 9.84. The fourth-order valence-corrected chi connectivity index (χ4v) is 1.68. The summed E-state index contributed by atoms with van der Waals surface area (Å²) in [6, 6.07) is 7.56. The van der Waals surface area contributed by atoms with Crippen molar-refractivity contribution in [3.63, 3.8) is 0 Å². The van der Waals surface area contributed by atoms with Gasteiger partial charge in [0.1, 0.15) is 11.5 Å². The molecule has 1 aromatic rings. The lowest BCUT2D eigenvalue weighted by Gasteiger charge is -2.17. The summed E-state index contributed by atoms with van der Waals surface area (Å²) in [7, 11) is 3.39. The van der Waals surface area contributed by atoms with Crippen LogP contribution in [-0.2, 0) is 4.65 Å². The first kappa shape index (κ1) is 11.3. The van der Waals surface area contributed by atoms with Gasteiger partial charge in [0.05, 0.1) is 6.10 Å². The van der Waals surface area contributed by atoms with Crippen molar-refractivity contribution >= 4 is 7.32 Å². The largest absolute Gasteiger partial charge is 0.788 e. The highest BCUT2D eigenvalue weighted by atomic mass is 16.8. The third kappa shape index (κ3) is 2.68. The molecule has 0 radical (unpaired) electrons. The standard InChI is InChI=1S/C11H16BNO3/c1-9(8-13(2)3)14-12-15-10-6-4-5-7-11(10)16-12/h4-7,9H,8H2,1-3H3. The van der Waals surface area contributed by atoms with E-state index >= 15 is 0 Å². The van der Waals surface area contributed by atoms with Crippen LogP contribution in [0.1, 0.15) is 6.92 Å². The highest BCUT2D eigenvalue weighted by molar-refractivity contribution is 6.40.